The highest BCUT2D eigenvalue weighted by atomic mass is 32.1. The standard InChI is InChI=1S/C14H21N3OS/c1-8(2)13(7-18-4)17-11-6-12-14(5-10(11)15)19-9(3)16-12/h5-6,8,13,17H,7,15H2,1-4H3. The van der Waals surface area contributed by atoms with E-state index in [-0.39, 0.29) is 6.04 Å². The minimum atomic E-state index is 0.240. The molecule has 0 spiro atoms. The van der Waals surface area contributed by atoms with Crippen LogP contribution in [-0.2, 0) is 4.74 Å². The van der Waals surface area contributed by atoms with E-state index < -0.39 is 0 Å². The molecule has 0 amide bonds. The quantitative estimate of drug-likeness (QED) is 0.825. The van der Waals surface area contributed by atoms with Crippen LogP contribution < -0.4 is 11.1 Å². The van der Waals surface area contributed by atoms with Gasteiger partial charge >= 0.3 is 0 Å². The van der Waals surface area contributed by atoms with Gasteiger partial charge < -0.3 is 15.8 Å². The number of fused-ring (bicyclic) bond motifs is 1. The Morgan fingerprint density at radius 3 is 2.79 bits per heavy atom. The van der Waals surface area contributed by atoms with Gasteiger partial charge in [-0.25, -0.2) is 4.98 Å². The molecule has 0 aliphatic rings. The Morgan fingerprint density at radius 2 is 2.16 bits per heavy atom. The molecule has 4 nitrogen and oxygen atoms in total. The topological polar surface area (TPSA) is 60.2 Å². The van der Waals surface area contributed by atoms with Crippen molar-refractivity contribution in [2.45, 2.75) is 26.8 Å². The van der Waals surface area contributed by atoms with Crippen molar-refractivity contribution in [3.05, 3.63) is 17.1 Å². The Hall–Kier alpha value is -1.33. The summed E-state index contributed by atoms with van der Waals surface area (Å²) in [5.74, 6) is 0.465. The largest absolute Gasteiger partial charge is 0.397 e. The van der Waals surface area contributed by atoms with E-state index in [2.05, 4.69) is 24.1 Å². The van der Waals surface area contributed by atoms with Crippen LogP contribution in [-0.4, -0.2) is 24.7 Å². The van der Waals surface area contributed by atoms with Crippen molar-refractivity contribution >= 4 is 32.9 Å². The van der Waals surface area contributed by atoms with Gasteiger partial charge in [0.1, 0.15) is 0 Å². The highest BCUT2D eigenvalue weighted by Crippen LogP contribution is 2.30. The summed E-state index contributed by atoms with van der Waals surface area (Å²) in [7, 11) is 1.72. The van der Waals surface area contributed by atoms with E-state index in [4.69, 9.17) is 10.5 Å². The molecule has 1 aromatic heterocycles. The van der Waals surface area contributed by atoms with Crippen LogP contribution in [0.2, 0.25) is 0 Å². The lowest BCUT2D eigenvalue weighted by Crippen LogP contribution is -2.30. The molecule has 1 atom stereocenters. The minimum absolute atomic E-state index is 0.240. The highest BCUT2D eigenvalue weighted by Gasteiger charge is 2.15. The third kappa shape index (κ3) is 3.16. The number of nitrogen functional groups attached to an aromatic ring is 1. The molecular formula is C14H21N3OS. The van der Waals surface area contributed by atoms with Crippen LogP contribution in [0.15, 0.2) is 12.1 Å². The molecule has 5 heteroatoms. The van der Waals surface area contributed by atoms with Crippen molar-refractivity contribution in [2.75, 3.05) is 24.8 Å². The molecule has 0 aliphatic carbocycles. The van der Waals surface area contributed by atoms with E-state index >= 15 is 0 Å². The number of anilines is 2. The van der Waals surface area contributed by atoms with Crippen molar-refractivity contribution in [3.63, 3.8) is 0 Å². The number of benzene rings is 1. The summed E-state index contributed by atoms with van der Waals surface area (Å²) in [5.41, 5.74) is 8.82. The van der Waals surface area contributed by atoms with Crippen LogP contribution in [0.1, 0.15) is 18.9 Å². The Bertz CT molecular complexity index is 565. The smallest absolute Gasteiger partial charge is 0.0907 e. The minimum Gasteiger partial charge on any atom is -0.397 e. The molecule has 2 aromatic rings. The molecule has 0 fully saturated rings. The van der Waals surface area contributed by atoms with E-state index in [1.807, 2.05) is 19.1 Å². The van der Waals surface area contributed by atoms with Gasteiger partial charge in [-0.1, -0.05) is 13.8 Å². The fraction of sp³-hybridized carbons (Fsp3) is 0.500. The van der Waals surface area contributed by atoms with Crippen LogP contribution >= 0.6 is 11.3 Å². The number of nitrogens with zero attached hydrogens (tertiary/aromatic N) is 1. The van der Waals surface area contributed by atoms with Crippen molar-refractivity contribution in [1.82, 2.24) is 4.98 Å². The highest BCUT2D eigenvalue weighted by molar-refractivity contribution is 7.18. The molecule has 0 saturated heterocycles. The fourth-order valence-electron chi connectivity index (χ4n) is 2.01. The lowest BCUT2D eigenvalue weighted by atomic mass is 10.0. The van der Waals surface area contributed by atoms with Gasteiger partial charge in [-0.2, -0.15) is 0 Å². The molecule has 0 saturated carbocycles. The Morgan fingerprint density at radius 1 is 1.42 bits per heavy atom. The van der Waals surface area contributed by atoms with Crippen molar-refractivity contribution in [2.24, 2.45) is 5.92 Å². The monoisotopic (exact) mass is 279 g/mol. The zero-order valence-corrected chi connectivity index (χ0v) is 12.7. The van der Waals surface area contributed by atoms with E-state index in [1.54, 1.807) is 18.4 Å². The summed E-state index contributed by atoms with van der Waals surface area (Å²) < 4.78 is 6.38. The molecule has 0 aliphatic heterocycles. The first-order valence-electron chi connectivity index (χ1n) is 6.43. The molecule has 3 N–H and O–H groups in total. The molecule has 0 bridgehead atoms. The molecule has 1 heterocycles. The van der Waals surface area contributed by atoms with Gasteiger partial charge in [0.05, 0.1) is 39.2 Å². The maximum absolute atomic E-state index is 6.12. The average Bonchev–Trinajstić information content (AvgIpc) is 2.67. The van der Waals surface area contributed by atoms with Gasteiger partial charge in [0.25, 0.3) is 0 Å². The second-order valence-electron chi connectivity index (χ2n) is 5.09. The molecule has 19 heavy (non-hydrogen) atoms. The van der Waals surface area contributed by atoms with E-state index in [0.29, 0.717) is 12.5 Å². The number of nitrogens with one attached hydrogen (secondary N) is 1. The first kappa shape index (κ1) is 14.1. The van der Waals surface area contributed by atoms with Crippen LogP contribution in [0.4, 0.5) is 11.4 Å². The number of nitrogens with two attached hydrogens (primary N) is 1. The number of aryl methyl sites for hydroxylation is 1. The van der Waals surface area contributed by atoms with E-state index in [1.165, 1.54) is 0 Å². The van der Waals surface area contributed by atoms with Crippen molar-refractivity contribution < 1.29 is 4.74 Å². The molecule has 1 aromatic carbocycles. The van der Waals surface area contributed by atoms with Gasteiger partial charge in [-0.05, 0) is 25.0 Å². The zero-order valence-electron chi connectivity index (χ0n) is 11.9. The predicted molar refractivity (Wildman–Crippen MR) is 82.9 cm³/mol. The number of hydrogen-bond donors (Lipinski definition) is 2. The number of rotatable bonds is 5. The van der Waals surface area contributed by atoms with Crippen LogP contribution in [0.25, 0.3) is 10.2 Å². The van der Waals surface area contributed by atoms with Gasteiger partial charge in [0.15, 0.2) is 0 Å². The lowest BCUT2D eigenvalue weighted by molar-refractivity contribution is 0.171. The van der Waals surface area contributed by atoms with Crippen molar-refractivity contribution in [3.8, 4) is 0 Å². The maximum Gasteiger partial charge on any atom is 0.0907 e. The average molecular weight is 279 g/mol. The summed E-state index contributed by atoms with van der Waals surface area (Å²) in [6.07, 6.45) is 0. The number of ether oxygens (including phenoxy) is 1. The first-order valence-corrected chi connectivity index (χ1v) is 7.25. The Kier molecular flexibility index (Phi) is 4.27. The van der Waals surface area contributed by atoms with Gasteiger partial charge in [0.2, 0.25) is 0 Å². The molecule has 1 unspecified atom stereocenters. The van der Waals surface area contributed by atoms with Gasteiger partial charge in [-0.15, -0.1) is 11.3 Å². The van der Waals surface area contributed by atoms with Crippen LogP contribution in [0.5, 0.6) is 0 Å². The molecular weight excluding hydrogens is 258 g/mol. The number of methoxy groups -OCH3 is 1. The lowest BCUT2D eigenvalue weighted by Gasteiger charge is -2.23. The molecule has 0 radical (unpaired) electrons. The van der Waals surface area contributed by atoms with E-state index in [9.17, 15) is 0 Å². The van der Waals surface area contributed by atoms with Crippen LogP contribution in [0.3, 0.4) is 0 Å². The molecule has 2 rings (SSSR count). The second kappa shape index (κ2) is 5.75. The normalized spacial score (nSPS) is 13.1. The second-order valence-corrected chi connectivity index (χ2v) is 6.33. The van der Waals surface area contributed by atoms with Crippen LogP contribution in [0, 0.1) is 12.8 Å². The van der Waals surface area contributed by atoms with Gasteiger partial charge in [0, 0.05) is 7.11 Å². The van der Waals surface area contributed by atoms with Crippen molar-refractivity contribution in [1.29, 1.82) is 0 Å². The third-order valence-electron chi connectivity index (χ3n) is 3.16. The number of thiazole rings is 1. The van der Waals surface area contributed by atoms with E-state index in [0.717, 1.165) is 26.6 Å². The Labute approximate surface area is 118 Å². The summed E-state index contributed by atoms with van der Waals surface area (Å²) in [6.45, 7) is 7.00. The number of hydrogen-bond acceptors (Lipinski definition) is 5. The molecule has 104 valence electrons. The first-order chi connectivity index (χ1) is 9.01. The predicted octanol–water partition coefficient (Wildman–Crippen LogP) is 3.27. The third-order valence-corrected chi connectivity index (χ3v) is 4.09. The summed E-state index contributed by atoms with van der Waals surface area (Å²) >= 11 is 1.67. The summed E-state index contributed by atoms with van der Waals surface area (Å²) in [4.78, 5) is 4.50. The number of aromatic nitrogens is 1. The fourth-order valence-corrected chi connectivity index (χ4v) is 2.87. The Balaban J connectivity index is 2.30. The summed E-state index contributed by atoms with van der Waals surface area (Å²) in [6, 6.07) is 4.26. The SMILES string of the molecule is COCC(Nc1cc2nc(C)sc2cc1N)C(C)C. The summed E-state index contributed by atoms with van der Waals surface area (Å²) in [5, 5.41) is 4.52. The maximum atomic E-state index is 6.12. The van der Waals surface area contributed by atoms with Gasteiger partial charge in [-0.3, -0.25) is 0 Å². The zero-order chi connectivity index (χ0) is 14.0.